The molecule has 0 bridgehead atoms. The van der Waals surface area contributed by atoms with Gasteiger partial charge in [-0.1, -0.05) is 64.7 Å². The third-order valence-electron chi connectivity index (χ3n) is 4.42. The van der Waals surface area contributed by atoms with E-state index >= 15 is 0 Å². The molecule has 0 atom stereocenters. The summed E-state index contributed by atoms with van der Waals surface area (Å²) < 4.78 is 5.76. The molecule has 0 amide bonds. The number of carbonyl (C=O) groups is 2. The molecule has 6 heteroatoms. The van der Waals surface area contributed by atoms with Crippen LogP contribution in [0.2, 0.25) is 0 Å². The Kier molecular flexibility index (Phi) is 5.78. The molecule has 0 spiro atoms. The van der Waals surface area contributed by atoms with Gasteiger partial charge in [-0.15, -0.1) is 0 Å². The van der Waals surface area contributed by atoms with Gasteiger partial charge in [0.05, 0.1) is 15.8 Å². The SMILES string of the molecule is COC1(N=C2C=C(Cl)C(=O)C(Cl)=C2)C=C(C(C)(C)C)C(=O)C(C(C)(C)C)=C1. The maximum atomic E-state index is 13.1. The first-order valence-corrected chi connectivity index (χ1v) is 9.41. The van der Waals surface area contributed by atoms with Gasteiger partial charge in [-0.3, -0.25) is 9.59 Å². The Morgan fingerprint density at radius 2 is 1.26 bits per heavy atom. The monoisotopic (exact) mass is 409 g/mol. The molecule has 2 aliphatic rings. The van der Waals surface area contributed by atoms with E-state index in [-0.39, 0.29) is 15.8 Å². The fraction of sp³-hybridized carbons (Fsp3) is 0.476. The zero-order valence-corrected chi connectivity index (χ0v) is 18.2. The Labute approximate surface area is 170 Å². The van der Waals surface area contributed by atoms with Gasteiger partial charge in [-0.25, -0.2) is 4.99 Å². The van der Waals surface area contributed by atoms with Crippen molar-refractivity contribution in [3.63, 3.8) is 0 Å². The van der Waals surface area contributed by atoms with Crippen molar-refractivity contribution in [2.75, 3.05) is 7.11 Å². The predicted molar refractivity (Wildman–Crippen MR) is 110 cm³/mol. The van der Waals surface area contributed by atoms with Gasteiger partial charge in [-0.05, 0) is 35.1 Å². The summed E-state index contributed by atoms with van der Waals surface area (Å²) in [6.45, 7) is 11.8. The Morgan fingerprint density at radius 3 is 1.59 bits per heavy atom. The number of ketones is 2. The topological polar surface area (TPSA) is 55.7 Å². The summed E-state index contributed by atoms with van der Waals surface area (Å²) in [6.07, 6.45) is 6.36. The zero-order chi connectivity index (χ0) is 20.8. The fourth-order valence-corrected chi connectivity index (χ4v) is 3.36. The predicted octanol–water partition coefficient (Wildman–Crippen LogP) is 5.13. The number of aliphatic imine (C=N–C) groups is 1. The number of hydrogen-bond donors (Lipinski definition) is 0. The maximum Gasteiger partial charge on any atom is 0.215 e. The molecular weight excluding hydrogens is 385 g/mol. The lowest BCUT2D eigenvalue weighted by molar-refractivity contribution is -0.114. The molecule has 0 heterocycles. The van der Waals surface area contributed by atoms with Crippen molar-refractivity contribution >= 4 is 40.5 Å². The summed E-state index contributed by atoms with van der Waals surface area (Å²) in [5.74, 6) is -0.455. The normalized spacial score (nSPS) is 20.7. The number of Topliss-reactive ketones (excluding diaryl/α,β-unsaturated/α-hetero) is 2. The lowest BCUT2D eigenvalue weighted by atomic mass is 9.71. The van der Waals surface area contributed by atoms with Gasteiger partial charge in [-0.2, -0.15) is 0 Å². The number of carbonyl (C=O) groups excluding carboxylic acids is 2. The van der Waals surface area contributed by atoms with E-state index in [4.69, 9.17) is 27.9 Å². The van der Waals surface area contributed by atoms with Crippen molar-refractivity contribution in [1.29, 1.82) is 0 Å². The van der Waals surface area contributed by atoms with Gasteiger partial charge in [0.15, 0.2) is 11.5 Å². The minimum atomic E-state index is -1.20. The van der Waals surface area contributed by atoms with Crippen molar-refractivity contribution in [2.45, 2.75) is 47.3 Å². The smallest absolute Gasteiger partial charge is 0.215 e. The second-order valence-corrected chi connectivity index (χ2v) is 9.57. The molecule has 0 fully saturated rings. The Morgan fingerprint density at radius 1 is 0.852 bits per heavy atom. The van der Waals surface area contributed by atoms with Crippen LogP contribution in [0.25, 0.3) is 0 Å². The number of halogens is 2. The molecule has 27 heavy (non-hydrogen) atoms. The largest absolute Gasteiger partial charge is 0.350 e. The van der Waals surface area contributed by atoms with Crippen LogP contribution >= 0.6 is 23.2 Å². The first-order chi connectivity index (χ1) is 12.2. The standard InChI is InChI=1S/C21H25Cl2NO3/c1-19(2,3)13-10-21(27-7,11-14(17(13)25)20(4,5)6)24-12-8-15(22)18(26)16(23)9-12/h8-11H,1-7H3. The van der Waals surface area contributed by atoms with Crippen LogP contribution in [0.4, 0.5) is 0 Å². The van der Waals surface area contributed by atoms with Gasteiger partial charge >= 0.3 is 0 Å². The molecular formula is C21H25Cl2NO3. The highest BCUT2D eigenvalue weighted by molar-refractivity contribution is 6.57. The second kappa shape index (κ2) is 7.16. The molecule has 0 radical (unpaired) electrons. The van der Waals surface area contributed by atoms with E-state index in [1.54, 1.807) is 12.2 Å². The molecule has 0 unspecified atom stereocenters. The average Bonchev–Trinajstić information content (AvgIpc) is 2.52. The van der Waals surface area contributed by atoms with Crippen LogP contribution in [-0.4, -0.2) is 30.1 Å². The quantitative estimate of drug-likeness (QED) is 0.594. The van der Waals surface area contributed by atoms with Gasteiger partial charge < -0.3 is 4.74 Å². The summed E-state index contributed by atoms with van der Waals surface area (Å²) in [6, 6.07) is 0. The number of nitrogens with zero attached hydrogens (tertiary/aromatic N) is 1. The first kappa shape index (κ1) is 21.8. The third kappa shape index (κ3) is 4.50. The number of allylic oxidation sites excluding steroid dienone is 6. The van der Waals surface area contributed by atoms with Crippen LogP contribution in [-0.2, 0) is 14.3 Å². The van der Waals surface area contributed by atoms with Crippen molar-refractivity contribution in [3.8, 4) is 0 Å². The van der Waals surface area contributed by atoms with E-state index in [1.165, 1.54) is 19.3 Å². The van der Waals surface area contributed by atoms with Crippen molar-refractivity contribution in [2.24, 2.45) is 15.8 Å². The highest BCUT2D eigenvalue weighted by atomic mass is 35.5. The van der Waals surface area contributed by atoms with Crippen LogP contribution in [0, 0.1) is 10.8 Å². The summed E-state index contributed by atoms with van der Waals surface area (Å²) in [7, 11) is 1.53. The fourth-order valence-electron chi connectivity index (χ4n) is 2.89. The lowest BCUT2D eigenvalue weighted by Crippen LogP contribution is -2.37. The van der Waals surface area contributed by atoms with E-state index < -0.39 is 22.3 Å². The highest BCUT2D eigenvalue weighted by Crippen LogP contribution is 2.41. The van der Waals surface area contributed by atoms with Gasteiger partial charge in [0.1, 0.15) is 0 Å². The van der Waals surface area contributed by atoms with E-state index in [1.807, 2.05) is 41.5 Å². The third-order valence-corrected chi connectivity index (χ3v) is 4.98. The molecule has 0 aromatic rings. The van der Waals surface area contributed by atoms with E-state index in [0.717, 1.165) is 0 Å². The summed E-state index contributed by atoms with van der Waals surface area (Å²) in [5.41, 5.74) is -0.341. The van der Waals surface area contributed by atoms with E-state index in [2.05, 4.69) is 4.99 Å². The Bertz CT molecular complexity index is 786. The van der Waals surface area contributed by atoms with Crippen LogP contribution in [0.5, 0.6) is 0 Å². The Hall–Kier alpha value is -1.49. The molecule has 4 nitrogen and oxygen atoms in total. The van der Waals surface area contributed by atoms with Crippen molar-refractivity contribution < 1.29 is 14.3 Å². The minimum Gasteiger partial charge on any atom is -0.350 e. The Balaban J connectivity index is 2.73. The van der Waals surface area contributed by atoms with Gasteiger partial charge in [0.25, 0.3) is 0 Å². The van der Waals surface area contributed by atoms with Crippen LogP contribution in [0.1, 0.15) is 41.5 Å². The molecule has 0 saturated heterocycles. The first-order valence-electron chi connectivity index (χ1n) is 8.66. The summed E-state index contributed by atoms with van der Waals surface area (Å²) in [5, 5.41) is -0.0288. The number of methoxy groups -OCH3 is 1. The molecule has 0 saturated carbocycles. The highest BCUT2D eigenvalue weighted by Gasteiger charge is 2.41. The van der Waals surface area contributed by atoms with Crippen molar-refractivity contribution in [3.05, 3.63) is 45.5 Å². The van der Waals surface area contributed by atoms with Crippen LogP contribution in [0.15, 0.2) is 50.5 Å². The average molecular weight is 410 g/mol. The second-order valence-electron chi connectivity index (χ2n) is 8.75. The molecule has 0 N–H and O–H groups in total. The minimum absolute atomic E-state index is 0.0103. The summed E-state index contributed by atoms with van der Waals surface area (Å²) >= 11 is 11.9. The van der Waals surface area contributed by atoms with Crippen LogP contribution in [0.3, 0.4) is 0 Å². The molecule has 2 rings (SSSR count). The number of rotatable bonds is 2. The zero-order valence-electron chi connectivity index (χ0n) is 16.7. The van der Waals surface area contributed by atoms with Crippen molar-refractivity contribution in [1.82, 2.24) is 0 Å². The van der Waals surface area contributed by atoms with E-state index in [0.29, 0.717) is 16.9 Å². The summed E-state index contributed by atoms with van der Waals surface area (Å²) in [4.78, 5) is 29.5. The molecule has 0 aliphatic heterocycles. The van der Waals surface area contributed by atoms with E-state index in [9.17, 15) is 9.59 Å². The maximum absolute atomic E-state index is 13.1. The molecule has 0 aromatic heterocycles. The number of hydrogen-bond acceptors (Lipinski definition) is 4. The number of ether oxygens (including phenoxy) is 1. The van der Waals surface area contributed by atoms with Gasteiger partial charge in [0, 0.05) is 18.3 Å². The van der Waals surface area contributed by atoms with Crippen LogP contribution < -0.4 is 0 Å². The molecule has 0 aromatic carbocycles. The lowest BCUT2D eigenvalue weighted by Gasteiger charge is -2.36. The molecule has 146 valence electrons. The van der Waals surface area contributed by atoms with Gasteiger partial charge in [0.2, 0.25) is 5.78 Å². The molecule has 2 aliphatic carbocycles.